The van der Waals surface area contributed by atoms with Crippen molar-refractivity contribution in [2.75, 3.05) is 31.1 Å². The second kappa shape index (κ2) is 7.94. The van der Waals surface area contributed by atoms with Gasteiger partial charge in [0.2, 0.25) is 0 Å². The van der Waals surface area contributed by atoms with E-state index >= 15 is 0 Å². The summed E-state index contributed by atoms with van der Waals surface area (Å²) in [6, 6.07) is 9.68. The molecule has 0 radical (unpaired) electrons. The second-order valence-electron chi connectivity index (χ2n) is 6.53. The molecule has 8 nitrogen and oxygen atoms in total. The summed E-state index contributed by atoms with van der Waals surface area (Å²) in [4.78, 5) is 25.3. The number of benzene rings is 2. The van der Waals surface area contributed by atoms with Crippen LogP contribution in [0.25, 0.3) is 0 Å². The van der Waals surface area contributed by atoms with Gasteiger partial charge in [0.15, 0.2) is 0 Å². The molecule has 160 valence electrons. The van der Waals surface area contributed by atoms with Gasteiger partial charge in [-0.2, -0.15) is 13.2 Å². The zero-order valence-electron chi connectivity index (χ0n) is 15.4. The predicted octanol–water partition coefficient (Wildman–Crippen LogP) is 2.85. The number of hydrogen-bond acceptors (Lipinski definition) is 6. The summed E-state index contributed by atoms with van der Waals surface area (Å²) < 4.78 is 60.6. The van der Waals surface area contributed by atoms with Crippen molar-refractivity contribution in [3.63, 3.8) is 0 Å². The molecule has 0 bridgehead atoms. The van der Waals surface area contributed by atoms with Crippen molar-refractivity contribution in [3.05, 3.63) is 64.2 Å². The summed E-state index contributed by atoms with van der Waals surface area (Å²) in [5.41, 5.74) is -4.58. The summed E-state index contributed by atoms with van der Waals surface area (Å²) in [5.74, 6) is -0.422. The van der Waals surface area contributed by atoms with Crippen molar-refractivity contribution < 1.29 is 31.3 Å². The number of hydrogen-bond donors (Lipinski definition) is 0. The van der Waals surface area contributed by atoms with Gasteiger partial charge in [0.1, 0.15) is 0 Å². The van der Waals surface area contributed by atoms with E-state index in [1.54, 1.807) is 12.1 Å². The Morgan fingerprint density at radius 1 is 0.933 bits per heavy atom. The van der Waals surface area contributed by atoms with Gasteiger partial charge in [-0.1, -0.05) is 0 Å². The van der Waals surface area contributed by atoms with E-state index in [1.807, 2.05) is 4.90 Å². The number of nitro groups is 1. The molecule has 0 spiro atoms. The third kappa shape index (κ3) is 4.22. The van der Waals surface area contributed by atoms with Gasteiger partial charge in [0, 0.05) is 49.6 Å². The highest BCUT2D eigenvalue weighted by Gasteiger charge is 2.46. The lowest BCUT2D eigenvalue weighted by atomic mass is 10.1. The van der Waals surface area contributed by atoms with E-state index < -0.39 is 31.1 Å². The number of alkyl halides is 3. The first kappa shape index (κ1) is 21.6. The van der Waals surface area contributed by atoms with E-state index in [9.17, 15) is 36.5 Å². The number of nitrogens with zero attached hydrogens (tertiary/aromatic N) is 3. The van der Waals surface area contributed by atoms with Crippen molar-refractivity contribution in [2.45, 2.75) is 10.4 Å². The number of amides is 1. The molecular formula is C18H16F3N3O5S. The van der Waals surface area contributed by atoms with Crippen LogP contribution in [-0.2, 0) is 9.84 Å². The number of piperazine rings is 1. The van der Waals surface area contributed by atoms with E-state index in [2.05, 4.69) is 0 Å². The van der Waals surface area contributed by atoms with Gasteiger partial charge in [0.05, 0.1) is 9.82 Å². The van der Waals surface area contributed by atoms with Crippen molar-refractivity contribution in [1.82, 2.24) is 4.90 Å². The number of sulfone groups is 1. The zero-order valence-corrected chi connectivity index (χ0v) is 16.2. The number of carbonyl (C=O) groups excluding carboxylic acids is 1. The molecule has 0 unspecified atom stereocenters. The molecule has 0 aromatic heterocycles. The monoisotopic (exact) mass is 443 g/mol. The molecule has 0 N–H and O–H groups in total. The van der Waals surface area contributed by atoms with E-state index in [-0.39, 0.29) is 11.3 Å². The first-order valence-electron chi connectivity index (χ1n) is 8.71. The molecule has 12 heteroatoms. The van der Waals surface area contributed by atoms with E-state index in [0.717, 1.165) is 30.0 Å². The maximum Gasteiger partial charge on any atom is 0.501 e. The standard InChI is InChI=1S/C18H16F3N3O5S/c19-18(20,21)30(28,29)16-7-1-13(2-8-16)17(25)23-11-9-22(10-12-23)14-3-5-15(6-4-14)24(26)27/h1-8H,9-12H2. The summed E-state index contributed by atoms with van der Waals surface area (Å²) >= 11 is 0. The van der Waals surface area contributed by atoms with E-state index in [1.165, 1.54) is 17.0 Å². The van der Waals surface area contributed by atoms with Crippen molar-refractivity contribution >= 4 is 27.1 Å². The molecule has 0 saturated carbocycles. The molecule has 3 rings (SSSR count). The molecule has 30 heavy (non-hydrogen) atoms. The van der Waals surface area contributed by atoms with Gasteiger partial charge < -0.3 is 9.80 Å². The quantitative estimate of drug-likeness (QED) is 0.532. The topological polar surface area (TPSA) is 101 Å². The molecule has 1 fully saturated rings. The van der Waals surface area contributed by atoms with Gasteiger partial charge in [-0.25, -0.2) is 8.42 Å². The van der Waals surface area contributed by atoms with Crippen LogP contribution in [0.3, 0.4) is 0 Å². The Bertz CT molecular complexity index is 1050. The number of rotatable bonds is 4. The molecule has 0 aliphatic carbocycles. The Hall–Kier alpha value is -3.15. The van der Waals surface area contributed by atoms with Crippen LogP contribution in [0.2, 0.25) is 0 Å². The normalized spacial score (nSPS) is 15.2. The molecule has 0 atom stereocenters. The highest BCUT2D eigenvalue weighted by molar-refractivity contribution is 7.92. The van der Waals surface area contributed by atoms with Crippen molar-refractivity contribution in [1.29, 1.82) is 0 Å². The van der Waals surface area contributed by atoms with Crippen LogP contribution >= 0.6 is 0 Å². The molecule has 2 aromatic rings. The lowest BCUT2D eigenvalue weighted by molar-refractivity contribution is -0.384. The Labute approximate surface area is 169 Å². The van der Waals surface area contributed by atoms with Gasteiger partial charge in [-0.05, 0) is 36.4 Å². The third-order valence-electron chi connectivity index (χ3n) is 4.71. The Kier molecular flexibility index (Phi) is 5.70. The Balaban J connectivity index is 1.64. The predicted molar refractivity (Wildman–Crippen MR) is 101 cm³/mol. The lowest BCUT2D eigenvalue weighted by Crippen LogP contribution is -2.48. The largest absolute Gasteiger partial charge is 0.501 e. The van der Waals surface area contributed by atoms with Crippen LogP contribution in [0.5, 0.6) is 0 Å². The molecule has 1 aliphatic rings. The number of carbonyl (C=O) groups is 1. The minimum atomic E-state index is -5.46. The van der Waals surface area contributed by atoms with Crippen molar-refractivity contribution in [2.24, 2.45) is 0 Å². The van der Waals surface area contributed by atoms with E-state index in [4.69, 9.17) is 0 Å². The van der Waals surface area contributed by atoms with Gasteiger partial charge in [0.25, 0.3) is 21.4 Å². The smallest absolute Gasteiger partial charge is 0.368 e. The van der Waals surface area contributed by atoms with Crippen LogP contribution in [0.4, 0.5) is 24.5 Å². The fourth-order valence-electron chi connectivity index (χ4n) is 3.05. The SMILES string of the molecule is O=C(c1ccc(S(=O)(=O)C(F)(F)F)cc1)N1CCN(c2ccc([N+](=O)[O-])cc2)CC1. The summed E-state index contributed by atoms with van der Waals surface area (Å²) in [5, 5.41) is 10.7. The minimum Gasteiger partial charge on any atom is -0.368 e. The number of halogens is 3. The van der Waals surface area contributed by atoms with Crippen LogP contribution in [0.15, 0.2) is 53.4 Å². The first-order valence-corrected chi connectivity index (χ1v) is 10.2. The van der Waals surface area contributed by atoms with Crippen LogP contribution in [0, 0.1) is 10.1 Å². The summed E-state index contributed by atoms with van der Waals surface area (Å²) in [6.45, 7) is 1.59. The number of anilines is 1. The first-order chi connectivity index (χ1) is 14.0. The maximum atomic E-state index is 12.6. The molecule has 1 amide bonds. The minimum absolute atomic E-state index is 0.0245. The van der Waals surface area contributed by atoms with Gasteiger partial charge in [-0.15, -0.1) is 0 Å². The zero-order chi connectivity index (χ0) is 22.1. The molecular weight excluding hydrogens is 427 g/mol. The highest BCUT2D eigenvalue weighted by Crippen LogP contribution is 2.30. The van der Waals surface area contributed by atoms with Crippen molar-refractivity contribution in [3.8, 4) is 0 Å². The van der Waals surface area contributed by atoms with E-state index in [0.29, 0.717) is 26.2 Å². The molecule has 1 saturated heterocycles. The average molecular weight is 443 g/mol. The highest BCUT2D eigenvalue weighted by atomic mass is 32.2. The molecule has 2 aromatic carbocycles. The van der Waals surface area contributed by atoms with Crippen LogP contribution < -0.4 is 4.90 Å². The fourth-order valence-corrected chi connectivity index (χ4v) is 3.81. The fraction of sp³-hybridized carbons (Fsp3) is 0.278. The number of nitro benzene ring substituents is 1. The second-order valence-corrected chi connectivity index (χ2v) is 8.47. The lowest BCUT2D eigenvalue weighted by Gasteiger charge is -2.36. The molecule has 1 heterocycles. The summed E-state index contributed by atoms with van der Waals surface area (Å²) in [7, 11) is -5.46. The Morgan fingerprint density at radius 2 is 1.47 bits per heavy atom. The van der Waals surface area contributed by atoms with Gasteiger partial charge >= 0.3 is 5.51 Å². The van der Waals surface area contributed by atoms with Crippen LogP contribution in [0.1, 0.15) is 10.4 Å². The van der Waals surface area contributed by atoms with Crippen LogP contribution in [-0.4, -0.2) is 55.8 Å². The third-order valence-corrected chi connectivity index (χ3v) is 6.21. The maximum absolute atomic E-state index is 12.6. The summed E-state index contributed by atoms with van der Waals surface area (Å²) in [6.07, 6.45) is 0. The van der Waals surface area contributed by atoms with Gasteiger partial charge in [-0.3, -0.25) is 14.9 Å². The molecule has 1 aliphatic heterocycles. The Morgan fingerprint density at radius 3 is 1.93 bits per heavy atom. The number of non-ortho nitro benzene ring substituents is 1. The average Bonchev–Trinajstić information content (AvgIpc) is 2.72.